The van der Waals surface area contributed by atoms with Crippen molar-refractivity contribution >= 4 is 5.91 Å². The number of carbonyl (C=O) groups is 1. The highest BCUT2D eigenvalue weighted by molar-refractivity contribution is 5.79. The number of aromatic amines is 1. The molecule has 7 heteroatoms. The van der Waals surface area contributed by atoms with E-state index < -0.39 is 11.7 Å². The van der Waals surface area contributed by atoms with Crippen LogP contribution in [-0.4, -0.2) is 34.1 Å². The average molecular weight is 363 g/mol. The summed E-state index contributed by atoms with van der Waals surface area (Å²) in [5, 5.41) is 7.25. The maximum Gasteiger partial charge on any atom is 0.416 e. The van der Waals surface area contributed by atoms with E-state index in [0.29, 0.717) is 18.7 Å². The van der Waals surface area contributed by atoms with Crippen LogP contribution < -0.4 is 0 Å². The molecule has 1 fully saturated rings. The van der Waals surface area contributed by atoms with Gasteiger partial charge in [0.1, 0.15) is 0 Å². The predicted molar refractivity (Wildman–Crippen MR) is 89.5 cm³/mol. The number of fused-ring (bicyclic) bond motifs is 2. The van der Waals surface area contributed by atoms with Gasteiger partial charge in [0, 0.05) is 24.2 Å². The number of aryl methyl sites for hydroxylation is 1. The minimum absolute atomic E-state index is 0.0307. The topological polar surface area (TPSA) is 49.0 Å². The SMILES string of the molecule is O=C(Cc1ccc(C(F)(F)F)cc1)N1CCCC2(CCc3cn[nH]c32)C1. The molecule has 0 saturated carbocycles. The first-order valence-corrected chi connectivity index (χ1v) is 8.84. The van der Waals surface area contributed by atoms with Crippen molar-refractivity contribution in [2.75, 3.05) is 13.1 Å². The van der Waals surface area contributed by atoms with Gasteiger partial charge in [0.2, 0.25) is 5.91 Å². The second kappa shape index (κ2) is 6.14. The number of carbonyl (C=O) groups excluding carboxylic acids is 1. The van der Waals surface area contributed by atoms with E-state index in [-0.39, 0.29) is 17.7 Å². The van der Waals surface area contributed by atoms with Crippen LogP contribution in [-0.2, 0) is 29.2 Å². The Bertz CT molecular complexity index is 812. The Balaban J connectivity index is 1.45. The van der Waals surface area contributed by atoms with E-state index in [1.807, 2.05) is 11.1 Å². The van der Waals surface area contributed by atoms with E-state index in [4.69, 9.17) is 0 Å². The fourth-order valence-electron chi connectivity index (χ4n) is 4.31. The van der Waals surface area contributed by atoms with Crippen LogP contribution >= 0.6 is 0 Å². The Hall–Kier alpha value is -2.31. The minimum Gasteiger partial charge on any atom is -0.341 e. The third kappa shape index (κ3) is 2.99. The molecule has 26 heavy (non-hydrogen) atoms. The standard InChI is InChI=1S/C19H20F3N3O/c20-19(21,22)15-4-2-13(3-5-15)10-16(26)25-9-1-7-18(12-25)8-6-14-11-23-24-17(14)18/h2-5,11H,1,6-10,12H2,(H,23,24). The monoisotopic (exact) mass is 363 g/mol. The maximum atomic E-state index is 12.7. The van der Waals surface area contributed by atoms with Crippen molar-refractivity contribution < 1.29 is 18.0 Å². The summed E-state index contributed by atoms with van der Waals surface area (Å²) in [5.74, 6) is -0.0307. The molecule has 1 aliphatic carbocycles. The molecule has 1 saturated heterocycles. The van der Waals surface area contributed by atoms with E-state index in [9.17, 15) is 18.0 Å². The van der Waals surface area contributed by atoms with Gasteiger partial charge >= 0.3 is 6.18 Å². The number of halogens is 3. The van der Waals surface area contributed by atoms with Gasteiger partial charge < -0.3 is 4.90 Å². The van der Waals surface area contributed by atoms with Gasteiger partial charge in [-0.3, -0.25) is 9.89 Å². The van der Waals surface area contributed by atoms with E-state index >= 15 is 0 Å². The lowest BCUT2D eigenvalue weighted by Crippen LogP contribution is -2.48. The van der Waals surface area contributed by atoms with Crippen molar-refractivity contribution in [1.82, 2.24) is 15.1 Å². The molecule has 0 radical (unpaired) electrons. The number of likely N-dealkylation sites (tertiary alicyclic amines) is 1. The molecule has 2 heterocycles. The second-order valence-electron chi connectivity index (χ2n) is 7.34. The molecule has 1 aromatic heterocycles. The molecule has 138 valence electrons. The molecule has 1 unspecified atom stereocenters. The highest BCUT2D eigenvalue weighted by atomic mass is 19.4. The van der Waals surface area contributed by atoms with Crippen molar-refractivity contribution in [2.45, 2.75) is 43.7 Å². The van der Waals surface area contributed by atoms with E-state index in [2.05, 4.69) is 10.2 Å². The minimum atomic E-state index is -4.36. The molecule has 1 N–H and O–H groups in total. The number of alkyl halides is 3. The fraction of sp³-hybridized carbons (Fsp3) is 0.474. The molecule has 1 spiro atoms. The molecular formula is C19H20F3N3O. The molecule has 1 amide bonds. The number of benzene rings is 1. The number of hydrogen-bond acceptors (Lipinski definition) is 2. The third-order valence-corrected chi connectivity index (χ3v) is 5.69. The number of nitrogens with one attached hydrogen (secondary N) is 1. The largest absolute Gasteiger partial charge is 0.416 e. The summed E-state index contributed by atoms with van der Waals surface area (Å²) in [4.78, 5) is 14.6. The van der Waals surface area contributed by atoms with Crippen LogP contribution in [0.2, 0.25) is 0 Å². The van der Waals surface area contributed by atoms with E-state index in [0.717, 1.165) is 43.5 Å². The summed E-state index contributed by atoms with van der Waals surface area (Å²) < 4.78 is 38.0. The van der Waals surface area contributed by atoms with Crippen molar-refractivity contribution in [3.05, 3.63) is 52.8 Å². The average Bonchev–Trinajstić information content (AvgIpc) is 3.20. The van der Waals surface area contributed by atoms with E-state index in [1.54, 1.807) is 0 Å². The summed E-state index contributed by atoms with van der Waals surface area (Å²) in [6, 6.07) is 4.86. The molecule has 4 nitrogen and oxygen atoms in total. The first-order valence-electron chi connectivity index (χ1n) is 8.84. The van der Waals surface area contributed by atoms with Crippen molar-refractivity contribution in [3.8, 4) is 0 Å². The van der Waals surface area contributed by atoms with Crippen LogP contribution in [0.25, 0.3) is 0 Å². The summed E-state index contributed by atoms with van der Waals surface area (Å²) in [6.07, 6.45) is 1.60. The summed E-state index contributed by atoms with van der Waals surface area (Å²) in [5.41, 5.74) is 2.27. The smallest absolute Gasteiger partial charge is 0.341 e. The van der Waals surface area contributed by atoms with Gasteiger partial charge in [0.25, 0.3) is 0 Å². The first-order chi connectivity index (χ1) is 12.4. The Kier molecular flexibility index (Phi) is 4.04. The van der Waals surface area contributed by atoms with Gasteiger partial charge in [-0.2, -0.15) is 18.3 Å². The lowest BCUT2D eigenvalue weighted by molar-refractivity contribution is -0.137. The summed E-state index contributed by atoms with van der Waals surface area (Å²) >= 11 is 0. The Morgan fingerprint density at radius 3 is 2.73 bits per heavy atom. The highest BCUT2D eigenvalue weighted by Gasteiger charge is 2.44. The number of hydrogen-bond donors (Lipinski definition) is 1. The zero-order valence-corrected chi connectivity index (χ0v) is 14.3. The number of amides is 1. The van der Waals surface area contributed by atoms with Gasteiger partial charge in [-0.05, 0) is 48.9 Å². The van der Waals surface area contributed by atoms with Crippen LogP contribution in [0.1, 0.15) is 41.6 Å². The summed E-state index contributed by atoms with van der Waals surface area (Å²) in [6.45, 7) is 1.35. The van der Waals surface area contributed by atoms with Crippen LogP contribution in [0.15, 0.2) is 30.5 Å². The summed E-state index contributed by atoms with van der Waals surface area (Å²) in [7, 11) is 0. The molecule has 2 aliphatic rings. The van der Waals surface area contributed by atoms with E-state index in [1.165, 1.54) is 17.7 Å². The Morgan fingerprint density at radius 1 is 1.23 bits per heavy atom. The van der Waals surface area contributed by atoms with Gasteiger partial charge in [-0.1, -0.05) is 12.1 Å². The predicted octanol–water partition coefficient (Wildman–Crippen LogP) is 3.48. The Labute approximate surface area is 149 Å². The van der Waals surface area contributed by atoms with Crippen molar-refractivity contribution in [1.29, 1.82) is 0 Å². The number of aromatic nitrogens is 2. The van der Waals surface area contributed by atoms with Crippen molar-refractivity contribution in [3.63, 3.8) is 0 Å². The second-order valence-corrected chi connectivity index (χ2v) is 7.34. The highest BCUT2D eigenvalue weighted by Crippen LogP contribution is 2.43. The lowest BCUT2D eigenvalue weighted by Gasteiger charge is -2.40. The van der Waals surface area contributed by atoms with Gasteiger partial charge in [-0.15, -0.1) is 0 Å². The zero-order valence-electron chi connectivity index (χ0n) is 14.3. The van der Waals surface area contributed by atoms with Gasteiger partial charge in [-0.25, -0.2) is 0 Å². The van der Waals surface area contributed by atoms with Gasteiger partial charge in [0.05, 0.1) is 18.2 Å². The lowest BCUT2D eigenvalue weighted by atomic mass is 9.77. The maximum absolute atomic E-state index is 12.7. The van der Waals surface area contributed by atoms with Gasteiger partial charge in [0.15, 0.2) is 0 Å². The molecule has 1 aromatic carbocycles. The van der Waals surface area contributed by atoms with Crippen LogP contribution in [0.5, 0.6) is 0 Å². The number of nitrogens with zero attached hydrogens (tertiary/aromatic N) is 2. The Morgan fingerprint density at radius 2 is 2.00 bits per heavy atom. The van der Waals surface area contributed by atoms with Crippen molar-refractivity contribution in [2.24, 2.45) is 0 Å². The molecule has 2 aromatic rings. The zero-order chi connectivity index (χ0) is 18.4. The molecule has 0 bridgehead atoms. The number of piperidine rings is 1. The van der Waals surface area contributed by atoms with Crippen LogP contribution in [0.3, 0.4) is 0 Å². The quantitative estimate of drug-likeness (QED) is 0.888. The molecule has 4 rings (SSSR count). The van der Waals surface area contributed by atoms with Crippen LogP contribution in [0, 0.1) is 0 Å². The molecular weight excluding hydrogens is 343 g/mol. The fourth-order valence-corrected chi connectivity index (χ4v) is 4.31. The third-order valence-electron chi connectivity index (χ3n) is 5.69. The normalized spacial score (nSPS) is 22.7. The molecule has 1 aliphatic heterocycles. The number of rotatable bonds is 2. The number of H-pyrrole nitrogens is 1. The van der Waals surface area contributed by atoms with Crippen LogP contribution in [0.4, 0.5) is 13.2 Å². The first kappa shape index (κ1) is 17.1. The molecule has 1 atom stereocenters.